The van der Waals surface area contributed by atoms with Crippen LogP contribution in [0.5, 0.6) is 5.75 Å². The summed E-state index contributed by atoms with van der Waals surface area (Å²) < 4.78 is 5.61. The van der Waals surface area contributed by atoms with Gasteiger partial charge in [0.2, 0.25) is 0 Å². The number of carboxylic acid groups (broad SMARTS) is 1. The summed E-state index contributed by atoms with van der Waals surface area (Å²) in [7, 11) is 0. The summed E-state index contributed by atoms with van der Waals surface area (Å²) >= 11 is 5.97. The first-order valence-electron chi connectivity index (χ1n) is 6.67. The molecule has 2 rings (SSSR count). The highest BCUT2D eigenvalue weighted by Crippen LogP contribution is 2.20. The fourth-order valence-electron chi connectivity index (χ4n) is 2.09. The molecule has 0 aliphatic carbocycles. The second kappa shape index (κ2) is 6.64. The normalized spacial score (nSPS) is 12.0. The largest absolute Gasteiger partial charge is 0.478 e. The van der Waals surface area contributed by atoms with Crippen molar-refractivity contribution in [1.82, 2.24) is 0 Å². The summed E-state index contributed by atoms with van der Waals surface area (Å²) in [5.74, 6) is -0.432. The third-order valence-corrected chi connectivity index (χ3v) is 3.49. The average molecular weight is 305 g/mol. The SMILES string of the molecule is Cc1cccc(O[C@@H](Cc2cc(Cl)ccc2C)C(=O)O)c1. The molecule has 1 atom stereocenters. The van der Waals surface area contributed by atoms with E-state index in [9.17, 15) is 9.90 Å². The van der Waals surface area contributed by atoms with Gasteiger partial charge in [0.25, 0.3) is 0 Å². The molecule has 0 heterocycles. The monoisotopic (exact) mass is 304 g/mol. The summed E-state index contributed by atoms with van der Waals surface area (Å²) in [6, 6.07) is 12.8. The molecule has 0 amide bonds. The molecule has 0 bridgehead atoms. The number of carboxylic acids is 1. The zero-order valence-corrected chi connectivity index (χ0v) is 12.7. The summed E-state index contributed by atoms with van der Waals surface area (Å²) in [6.07, 6.45) is -0.667. The number of carbonyl (C=O) groups is 1. The van der Waals surface area contributed by atoms with Gasteiger partial charge in [0.15, 0.2) is 6.10 Å². The minimum absolute atomic E-state index is 0.273. The van der Waals surface area contributed by atoms with Gasteiger partial charge in [0.1, 0.15) is 5.75 Å². The zero-order valence-electron chi connectivity index (χ0n) is 12.0. The molecular weight excluding hydrogens is 288 g/mol. The van der Waals surface area contributed by atoms with E-state index in [0.29, 0.717) is 10.8 Å². The number of benzene rings is 2. The Morgan fingerprint density at radius 3 is 2.67 bits per heavy atom. The second-order valence-corrected chi connectivity index (χ2v) is 5.47. The average Bonchev–Trinajstić information content (AvgIpc) is 2.42. The molecule has 0 aliphatic rings. The van der Waals surface area contributed by atoms with Gasteiger partial charge in [-0.2, -0.15) is 0 Å². The molecule has 0 saturated heterocycles. The van der Waals surface area contributed by atoms with Crippen LogP contribution in [0.25, 0.3) is 0 Å². The predicted octanol–water partition coefficient (Wildman–Crippen LogP) is 4.03. The van der Waals surface area contributed by atoms with Gasteiger partial charge in [-0.05, 0) is 54.8 Å². The van der Waals surface area contributed by atoms with Gasteiger partial charge in [-0.1, -0.05) is 29.8 Å². The zero-order chi connectivity index (χ0) is 15.4. The van der Waals surface area contributed by atoms with Crippen LogP contribution in [0.4, 0.5) is 0 Å². The number of halogens is 1. The third kappa shape index (κ3) is 4.23. The minimum Gasteiger partial charge on any atom is -0.478 e. The Morgan fingerprint density at radius 2 is 2.00 bits per heavy atom. The smallest absolute Gasteiger partial charge is 0.345 e. The van der Waals surface area contributed by atoms with E-state index in [1.807, 2.05) is 38.1 Å². The van der Waals surface area contributed by atoms with Crippen LogP contribution in [0.15, 0.2) is 42.5 Å². The summed E-state index contributed by atoms with van der Waals surface area (Å²) in [4.78, 5) is 11.4. The number of aliphatic carboxylic acids is 1. The first-order chi connectivity index (χ1) is 9.95. The molecule has 2 aromatic carbocycles. The second-order valence-electron chi connectivity index (χ2n) is 5.04. The van der Waals surface area contributed by atoms with E-state index < -0.39 is 12.1 Å². The Hall–Kier alpha value is -2.00. The van der Waals surface area contributed by atoms with Crippen LogP contribution in [0.1, 0.15) is 16.7 Å². The first-order valence-corrected chi connectivity index (χ1v) is 7.04. The van der Waals surface area contributed by atoms with Gasteiger partial charge in [0.05, 0.1) is 0 Å². The van der Waals surface area contributed by atoms with E-state index in [1.54, 1.807) is 18.2 Å². The maximum absolute atomic E-state index is 11.4. The van der Waals surface area contributed by atoms with Gasteiger partial charge in [-0.3, -0.25) is 0 Å². The molecular formula is C17H17ClO3. The van der Waals surface area contributed by atoms with Crippen LogP contribution in [-0.4, -0.2) is 17.2 Å². The van der Waals surface area contributed by atoms with Crippen LogP contribution in [0.3, 0.4) is 0 Å². The molecule has 21 heavy (non-hydrogen) atoms. The summed E-state index contributed by atoms with van der Waals surface area (Å²) in [6.45, 7) is 3.86. The molecule has 0 aliphatic heterocycles. The van der Waals surface area contributed by atoms with Crippen molar-refractivity contribution in [2.45, 2.75) is 26.4 Å². The maximum atomic E-state index is 11.4. The molecule has 110 valence electrons. The lowest BCUT2D eigenvalue weighted by Gasteiger charge is -2.17. The van der Waals surface area contributed by atoms with Gasteiger partial charge >= 0.3 is 5.97 Å². The first kappa shape index (κ1) is 15.4. The van der Waals surface area contributed by atoms with Crippen LogP contribution in [0.2, 0.25) is 5.02 Å². The van der Waals surface area contributed by atoms with Crippen molar-refractivity contribution in [3.63, 3.8) is 0 Å². The predicted molar refractivity (Wildman–Crippen MR) is 83.1 cm³/mol. The molecule has 0 saturated carbocycles. The Balaban J connectivity index is 2.20. The van der Waals surface area contributed by atoms with E-state index in [2.05, 4.69) is 0 Å². The molecule has 0 fully saturated rings. The minimum atomic E-state index is -0.990. The van der Waals surface area contributed by atoms with E-state index >= 15 is 0 Å². The van der Waals surface area contributed by atoms with Gasteiger partial charge in [-0.15, -0.1) is 0 Å². The highest BCUT2D eigenvalue weighted by atomic mass is 35.5. The number of hydrogen-bond acceptors (Lipinski definition) is 2. The Morgan fingerprint density at radius 1 is 1.24 bits per heavy atom. The van der Waals surface area contributed by atoms with Crippen LogP contribution < -0.4 is 4.74 Å². The fourth-order valence-corrected chi connectivity index (χ4v) is 2.29. The number of hydrogen-bond donors (Lipinski definition) is 1. The Labute approximate surface area is 129 Å². The van der Waals surface area contributed by atoms with Gasteiger partial charge < -0.3 is 9.84 Å². The van der Waals surface area contributed by atoms with Crippen molar-refractivity contribution in [1.29, 1.82) is 0 Å². The van der Waals surface area contributed by atoms with Crippen LogP contribution in [-0.2, 0) is 11.2 Å². The van der Waals surface area contributed by atoms with E-state index in [1.165, 1.54) is 0 Å². The summed E-state index contributed by atoms with van der Waals surface area (Å²) in [5, 5.41) is 9.96. The molecule has 0 spiro atoms. The standard InChI is InChI=1S/C17H17ClO3/c1-11-4-3-5-15(8-11)21-16(17(19)20)10-13-9-14(18)7-6-12(13)2/h3-9,16H,10H2,1-2H3,(H,19,20)/t16-/m0/s1. The molecule has 0 radical (unpaired) electrons. The molecule has 3 nitrogen and oxygen atoms in total. The van der Waals surface area contributed by atoms with Crippen molar-refractivity contribution in [3.8, 4) is 5.75 Å². The lowest BCUT2D eigenvalue weighted by Crippen LogP contribution is -2.29. The molecule has 4 heteroatoms. The lowest BCUT2D eigenvalue weighted by atomic mass is 10.0. The Bertz CT molecular complexity index is 652. The molecule has 2 aromatic rings. The third-order valence-electron chi connectivity index (χ3n) is 3.26. The van der Waals surface area contributed by atoms with Crippen molar-refractivity contribution >= 4 is 17.6 Å². The highest BCUT2D eigenvalue weighted by Gasteiger charge is 2.21. The van der Waals surface area contributed by atoms with Gasteiger partial charge in [-0.25, -0.2) is 4.79 Å². The number of ether oxygens (including phenoxy) is 1. The Kier molecular flexibility index (Phi) is 4.86. The molecule has 0 unspecified atom stereocenters. The lowest BCUT2D eigenvalue weighted by molar-refractivity contribution is -0.145. The van der Waals surface area contributed by atoms with Crippen molar-refractivity contribution in [2.24, 2.45) is 0 Å². The van der Waals surface area contributed by atoms with Crippen molar-refractivity contribution in [2.75, 3.05) is 0 Å². The van der Waals surface area contributed by atoms with Gasteiger partial charge in [0, 0.05) is 11.4 Å². The van der Waals surface area contributed by atoms with Crippen LogP contribution >= 0.6 is 11.6 Å². The number of rotatable bonds is 5. The van der Waals surface area contributed by atoms with E-state index in [-0.39, 0.29) is 6.42 Å². The van der Waals surface area contributed by atoms with E-state index in [0.717, 1.165) is 16.7 Å². The highest BCUT2D eigenvalue weighted by molar-refractivity contribution is 6.30. The van der Waals surface area contributed by atoms with Crippen molar-refractivity contribution in [3.05, 3.63) is 64.2 Å². The molecule has 0 aromatic heterocycles. The molecule has 1 N–H and O–H groups in total. The fraction of sp³-hybridized carbons (Fsp3) is 0.235. The number of aryl methyl sites for hydroxylation is 2. The van der Waals surface area contributed by atoms with Crippen molar-refractivity contribution < 1.29 is 14.6 Å². The van der Waals surface area contributed by atoms with Crippen LogP contribution in [0, 0.1) is 13.8 Å². The quantitative estimate of drug-likeness (QED) is 0.907. The van der Waals surface area contributed by atoms with E-state index in [4.69, 9.17) is 16.3 Å². The summed E-state index contributed by atoms with van der Waals surface area (Å²) in [5.41, 5.74) is 2.90. The topological polar surface area (TPSA) is 46.5 Å². The maximum Gasteiger partial charge on any atom is 0.345 e.